The van der Waals surface area contributed by atoms with Gasteiger partial charge in [0, 0.05) is 19.6 Å². The number of carboxylic acid groups (broad SMARTS) is 1. The average Bonchev–Trinajstić information content (AvgIpc) is 3.18. The highest BCUT2D eigenvalue weighted by atomic mass is 32.2. The lowest BCUT2D eigenvalue weighted by Crippen LogP contribution is -2.43. The van der Waals surface area contributed by atoms with Gasteiger partial charge in [0.15, 0.2) is 6.10 Å². The Morgan fingerprint density at radius 1 is 1.07 bits per heavy atom. The van der Waals surface area contributed by atoms with Crippen molar-refractivity contribution in [3.63, 3.8) is 0 Å². The van der Waals surface area contributed by atoms with Crippen molar-refractivity contribution in [1.29, 1.82) is 0 Å². The summed E-state index contributed by atoms with van der Waals surface area (Å²) in [5.41, 5.74) is 0. The molecule has 0 radical (unpaired) electrons. The highest BCUT2D eigenvalue weighted by Crippen LogP contribution is 2.24. The number of benzene rings is 1. The molecule has 1 amide bonds. The number of nitrogens with zero attached hydrogens (tertiary/aromatic N) is 1. The summed E-state index contributed by atoms with van der Waals surface area (Å²) in [5, 5.41) is 11.7. The molecule has 148 valence electrons. The number of carbonyl (C=O) groups is 2. The molecule has 1 aromatic carbocycles. The molecule has 0 unspecified atom stereocenters. The Morgan fingerprint density at radius 2 is 1.70 bits per heavy atom. The van der Waals surface area contributed by atoms with E-state index < -0.39 is 28.2 Å². The van der Waals surface area contributed by atoms with Crippen molar-refractivity contribution in [3.8, 4) is 0 Å². The number of nitrogens with one attached hydrogen (secondary N) is 1. The number of ether oxygens (including phenoxy) is 1. The van der Waals surface area contributed by atoms with Crippen LogP contribution in [0.4, 0.5) is 0 Å². The molecule has 0 saturated carbocycles. The number of hydrogen-bond donors (Lipinski definition) is 2. The third-order valence-electron chi connectivity index (χ3n) is 5.11. The highest BCUT2D eigenvalue weighted by Gasteiger charge is 2.35. The van der Waals surface area contributed by atoms with Crippen molar-refractivity contribution in [2.45, 2.75) is 42.8 Å². The maximum Gasteiger partial charge on any atom is 0.332 e. The van der Waals surface area contributed by atoms with Crippen LogP contribution in [0.15, 0.2) is 35.2 Å². The summed E-state index contributed by atoms with van der Waals surface area (Å²) in [6.07, 6.45) is 0.433. The van der Waals surface area contributed by atoms with Crippen LogP contribution in [0.3, 0.4) is 0 Å². The van der Waals surface area contributed by atoms with Crippen molar-refractivity contribution in [3.05, 3.63) is 30.3 Å². The highest BCUT2D eigenvalue weighted by molar-refractivity contribution is 7.89. The number of amides is 1. The van der Waals surface area contributed by atoms with Crippen LogP contribution in [0.5, 0.6) is 0 Å². The third-order valence-corrected chi connectivity index (χ3v) is 7.02. The van der Waals surface area contributed by atoms with Crippen molar-refractivity contribution in [2.24, 2.45) is 5.92 Å². The normalized spacial score (nSPS) is 24.6. The van der Waals surface area contributed by atoms with E-state index in [0.717, 1.165) is 0 Å². The van der Waals surface area contributed by atoms with Crippen LogP contribution in [0.2, 0.25) is 0 Å². The fourth-order valence-electron chi connectivity index (χ4n) is 3.47. The largest absolute Gasteiger partial charge is 0.479 e. The van der Waals surface area contributed by atoms with Crippen LogP contribution in [-0.4, -0.2) is 61.5 Å². The molecule has 3 rings (SSSR count). The number of sulfonamides is 1. The Kier molecular flexibility index (Phi) is 6.13. The Balaban J connectivity index is 1.45. The van der Waals surface area contributed by atoms with Crippen LogP contribution in [0, 0.1) is 5.92 Å². The zero-order valence-electron chi connectivity index (χ0n) is 14.9. The Bertz CT molecular complexity index is 774. The summed E-state index contributed by atoms with van der Waals surface area (Å²) in [6.45, 7) is 1.27. The number of hydrogen-bond acceptors (Lipinski definition) is 5. The summed E-state index contributed by atoms with van der Waals surface area (Å²) in [5.74, 6) is -1.15. The van der Waals surface area contributed by atoms with Crippen molar-refractivity contribution < 1.29 is 27.9 Å². The van der Waals surface area contributed by atoms with E-state index in [1.54, 1.807) is 30.3 Å². The number of aliphatic carboxylic acids is 1. The van der Waals surface area contributed by atoms with Gasteiger partial charge in [0.2, 0.25) is 15.9 Å². The van der Waals surface area contributed by atoms with Gasteiger partial charge in [-0.2, -0.15) is 4.31 Å². The zero-order chi connectivity index (χ0) is 19.4. The predicted molar refractivity (Wildman–Crippen MR) is 96.5 cm³/mol. The average molecular weight is 396 g/mol. The predicted octanol–water partition coefficient (Wildman–Crippen LogP) is 0.836. The van der Waals surface area contributed by atoms with E-state index in [9.17, 15) is 18.0 Å². The quantitative estimate of drug-likeness (QED) is 0.737. The molecule has 1 aromatic rings. The summed E-state index contributed by atoms with van der Waals surface area (Å²) >= 11 is 0. The molecule has 0 bridgehead atoms. The maximum atomic E-state index is 12.6. The van der Waals surface area contributed by atoms with E-state index in [2.05, 4.69) is 5.32 Å². The van der Waals surface area contributed by atoms with E-state index in [0.29, 0.717) is 50.2 Å². The molecule has 2 aliphatic heterocycles. The molecule has 27 heavy (non-hydrogen) atoms. The van der Waals surface area contributed by atoms with Gasteiger partial charge in [0.1, 0.15) is 6.10 Å². The van der Waals surface area contributed by atoms with Crippen molar-refractivity contribution in [1.82, 2.24) is 9.62 Å². The fraction of sp³-hybridized carbons (Fsp3) is 0.556. The monoisotopic (exact) mass is 396 g/mol. The maximum absolute atomic E-state index is 12.6. The van der Waals surface area contributed by atoms with Crippen LogP contribution in [0.25, 0.3) is 0 Å². The topological polar surface area (TPSA) is 113 Å². The fourth-order valence-corrected chi connectivity index (χ4v) is 4.96. The molecular weight excluding hydrogens is 372 g/mol. The van der Waals surface area contributed by atoms with Gasteiger partial charge < -0.3 is 15.2 Å². The van der Waals surface area contributed by atoms with E-state index >= 15 is 0 Å². The Labute approximate surface area is 158 Å². The number of carboxylic acids is 1. The van der Waals surface area contributed by atoms with Gasteiger partial charge in [-0.1, -0.05) is 18.2 Å². The van der Waals surface area contributed by atoms with Crippen LogP contribution < -0.4 is 5.32 Å². The lowest BCUT2D eigenvalue weighted by atomic mass is 9.98. The van der Waals surface area contributed by atoms with Crippen LogP contribution in [0.1, 0.15) is 25.7 Å². The molecular formula is C18H24N2O6S. The van der Waals surface area contributed by atoms with Crippen molar-refractivity contribution >= 4 is 21.9 Å². The standard InChI is InChI=1S/C18H24N2O6S/c21-17(15-6-7-16(26-15)18(22)23)19-12-13-8-10-20(11-9-13)27(24,25)14-4-2-1-3-5-14/h1-5,13,15-16H,6-12H2,(H,19,21)(H,22,23)/t15-,16+/m0/s1. The summed E-state index contributed by atoms with van der Waals surface area (Å²) in [4.78, 5) is 23.3. The van der Waals surface area contributed by atoms with Gasteiger partial charge in [0.05, 0.1) is 4.90 Å². The number of carbonyl (C=O) groups excluding carboxylic acids is 1. The SMILES string of the molecule is O=C(NCC1CCN(S(=O)(=O)c2ccccc2)CC1)[C@@H]1CC[C@H](C(=O)O)O1. The minimum absolute atomic E-state index is 0.188. The molecule has 2 atom stereocenters. The van der Waals surface area contributed by atoms with E-state index in [-0.39, 0.29) is 11.8 Å². The Morgan fingerprint density at radius 3 is 2.30 bits per heavy atom. The van der Waals surface area contributed by atoms with Crippen LogP contribution >= 0.6 is 0 Å². The molecule has 2 saturated heterocycles. The number of piperidine rings is 1. The van der Waals surface area contributed by atoms with E-state index in [4.69, 9.17) is 9.84 Å². The molecule has 8 nitrogen and oxygen atoms in total. The van der Waals surface area contributed by atoms with Gasteiger partial charge in [-0.3, -0.25) is 4.79 Å². The zero-order valence-corrected chi connectivity index (χ0v) is 15.7. The molecule has 9 heteroatoms. The lowest BCUT2D eigenvalue weighted by molar-refractivity contribution is -0.151. The van der Waals surface area contributed by atoms with Gasteiger partial charge in [-0.15, -0.1) is 0 Å². The van der Waals surface area contributed by atoms with E-state index in [1.165, 1.54) is 4.31 Å². The summed E-state index contributed by atoms with van der Waals surface area (Å²) in [6, 6.07) is 8.37. The first-order valence-corrected chi connectivity index (χ1v) is 10.5. The molecule has 2 fully saturated rings. The lowest BCUT2D eigenvalue weighted by Gasteiger charge is -2.31. The molecule has 2 heterocycles. The number of rotatable bonds is 6. The first-order valence-electron chi connectivity index (χ1n) is 9.09. The first kappa shape index (κ1) is 19.8. The molecule has 0 aromatic heterocycles. The van der Waals surface area contributed by atoms with Gasteiger partial charge >= 0.3 is 5.97 Å². The van der Waals surface area contributed by atoms with Crippen LogP contribution in [-0.2, 0) is 24.3 Å². The smallest absolute Gasteiger partial charge is 0.332 e. The molecule has 0 spiro atoms. The minimum atomic E-state index is -3.47. The minimum Gasteiger partial charge on any atom is -0.479 e. The van der Waals surface area contributed by atoms with Gasteiger partial charge in [-0.25, -0.2) is 13.2 Å². The first-order chi connectivity index (χ1) is 12.9. The Hall–Kier alpha value is -1.97. The second-order valence-corrected chi connectivity index (χ2v) is 8.87. The van der Waals surface area contributed by atoms with Crippen molar-refractivity contribution in [2.75, 3.05) is 19.6 Å². The second-order valence-electron chi connectivity index (χ2n) is 6.93. The van der Waals surface area contributed by atoms with Gasteiger partial charge in [-0.05, 0) is 43.7 Å². The third kappa shape index (κ3) is 4.66. The molecule has 2 aliphatic rings. The molecule has 2 N–H and O–H groups in total. The molecule has 0 aliphatic carbocycles. The second kappa shape index (κ2) is 8.37. The summed E-state index contributed by atoms with van der Waals surface area (Å²) < 4.78 is 31.9. The van der Waals surface area contributed by atoms with E-state index in [1.807, 2.05) is 0 Å². The van der Waals surface area contributed by atoms with Gasteiger partial charge in [0.25, 0.3) is 0 Å². The summed E-state index contributed by atoms with van der Waals surface area (Å²) in [7, 11) is -3.47.